The first-order chi connectivity index (χ1) is 5.29. The normalized spacial score (nSPS) is 11.5. The molecule has 56 valence electrons. The van der Waals surface area contributed by atoms with Crippen LogP contribution in [0.4, 0.5) is 0 Å². The van der Waals surface area contributed by atoms with Gasteiger partial charge in [-0.05, 0) is 35.2 Å². The number of rotatable bonds is 0. The van der Waals surface area contributed by atoms with E-state index in [9.17, 15) is 0 Å². The molecule has 0 aliphatic rings. The zero-order valence-electron chi connectivity index (χ0n) is 6.81. The van der Waals surface area contributed by atoms with Crippen molar-refractivity contribution in [1.82, 2.24) is 0 Å². The average molecular weight is 162 g/mol. The van der Waals surface area contributed by atoms with Crippen molar-refractivity contribution in [3.05, 3.63) is 35.1 Å². The molecule has 0 saturated heterocycles. The molecule has 2 aromatic rings. The van der Waals surface area contributed by atoms with E-state index in [1.165, 1.54) is 16.1 Å². The SMILES string of the molecule is Cc1[pH]c2ccccc2c1C. The van der Waals surface area contributed by atoms with E-state index in [1.807, 2.05) is 0 Å². The highest BCUT2D eigenvalue weighted by Crippen LogP contribution is 2.33. The minimum atomic E-state index is 0.913. The fourth-order valence-corrected chi connectivity index (χ4v) is 2.73. The minimum Gasteiger partial charge on any atom is -0.128 e. The van der Waals surface area contributed by atoms with E-state index in [4.69, 9.17) is 0 Å². The van der Waals surface area contributed by atoms with Crippen LogP contribution < -0.4 is 0 Å². The number of hydrogen-bond donors (Lipinski definition) is 0. The molecule has 1 unspecified atom stereocenters. The Morgan fingerprint density at radius 3 is 2.55 bits per heavy atom. The molecule has 0 aliphatic heterocycles. The van der Waals surface area contributed by atoms with Crippen LogP contribution in [0.15, 0.2) is 24.3 Å². The highest BCUT2D eigenvalue weighted by atomic mass is 31.0. The van der Waals surface area contributed by atoms with E-state index in [0.29, 0.717) is 0 Å². The molecule has 0 N–H and O–H groups in total. The van der Waals surface area contributed by atoms with Crippen molar-refractivity contribution in [3.63, 3.8) is 0 Å². The Morgan fingerprint density at radius 1 is 1.09 bits per heavy atom. The Hall–Kier alpha value is -0.740. The second-order valence-electron chi connectivity index (χ2n) is 2.92. The third-order valence-electron chi connectivity index (χ3n) is 2.22. The van der Waals surface area contributed by atoms with E-state index in [-0.39, 0.29) is 0 Å². The van der Waals surface area contributed by atoms with Crippen molar-refractivity contribution in [2.75, 3.05) is 0 Å². The summed E-state index contributed by atoms with van der Waals surface area (Å²) in [5, 5.41) is 4.53. The van der Waals surface area contributed by atoms with Crippen molar-refractivity contribution < 1.29 is 0 Å². The molecule has 1 aromatic heterocycles. The largest absolute Gasteiger partial charge is 0.128 e. The molecule has 0 saturated carbocycles. The maximum atomic E-state index is 2.23. The summed E-state index contributed by atoms with van der Waals surface area (Å²) in [7, 11) is 0.913. The lowest BCUT2D eigenvalue weighted by atomic mass is 10.2. The topological polar surface area (TPSA) is 0 Å². The summed E-state index contributed by atoms with van der Waals surface area (Å²) in [6.45, 7) is 4.45. The van der Waals surface area contributed by atoms with Gasteiger partial charge in [0.2, 0.25) is 0 Å². The monoisotopic (exact) mass is 162 g/mol. The molecule has 0 fully saturated rings. The lowest BCUT2D eigenvalue weighted by Crippen LogP contribution is -1.68. The molecule has 1 heterocycles. The van der Waals surface area contributed by atoms with Crippen molar-refractivity contribution in [1.29, 1.82) is 0 Å². The second-order valence-corrected chi connectivity index (χ2v) is 4.46. The zero-order valence-corrected chi connectivity index (χ0v) is 7.81. The fourth-order valence-electron chi connectivity index (χ4n) is 1.42. The molecule has 0 amide bonds. The summed E-state index contributed by atoms with van der Waals surface area (Å²) >= 11 is 0. The molecule has 0 spiro atoms. The Labute approximate surface area is 68.3 Å². The van der Waals surface area contributed by atoms with Gasteiger partial charge in [-0.15, -0.1) is 8.19 Å². The number of aryl methyl sites for hydroxylation is 2. The first kappa shape index (κ1) is 6.94. The van der Waals surface area contributed by atoms with Gasteiger partial charge < -0.3 is 0 Å². The lowest BCUT2D eigenvalue weighted by molar-refractivity contribution is 1.47. The van der Waals surface area contributed by atoms with Crippen LogP contribution in [0.5, 0.6) is 0 Å². The minimum absolute atomic E-state index is 0.913. The van der Waals surface area contributed by atoms with Crippen LogP contribution in [0.2, 0.25) is 0 Å². The molecule has 1 atom stereocenters. The maximum absolute atomic E-state index is 2.23. The lowest BCUT2D eigenvalue weighted by Gasteiger charge is -1.89. The zero-order chi connectivity index (χ0) is 7.84. The van der Waals surface area contributed by atoms with Gasteiger partial charge >= 0.3 is 0 Å². The van der Waals surface area contributed by atoms with Crippen LogP contribution in [0.3, 0.4) is 0 Å². The predicted molar refractivity (Wildman–Crippen MR) is 52.9 cm³/mol. The van der Waals surface area contributed by atoms with E-state index in [0.717, 1.165) is 8.19 Å². The second kappa shape index (κ2) is 2.39. The van der Waals surface area contributed by atoms with Crippen LogP contribution >= 0.6 is 8.19 Å². The summed E-state index contributed by atoms with van der Waals surface area (Å²) in [5.41, 5.74) is 1.49. The molecule has 1 aromatic carbocycles. The molecular formula is C10H11P. The Balaban J connectivity index is 2.92. The Kier molecular flexibility index (Phi) is 1.51. The van der Waals surface area contributed by atoms with Gasteiger partial charge in [0.15, 0.2) is 0 Å². The highest BCUT2D eigenvalue weighted by molar-refractivity contribution is 7.38. The van der Waals surface area contributed by atoms with Crippen LogP contribution in [0.1, 0.15) is 10.9 Å². The summed E-state index contributed by atoms with van der Waals surface area (Å²) in [6, 6.07) is 8.69. The summed E-state index contributed by atoms with van der Waals surface area (Å²) in [6.07, 6.45) is 0. The number of benzene rings is 1. The van der Waals surface area contributed by atoms with Gasteiger partial charge in [0.05, 0.1) is 0 Å². The number of fused-ring (bicyclic) bond motifs is 1. The standard InChI is InChI=1S/C10H11P/c1-7-8(2)11-10-6-4-3-5-9(7)10/h3-6,11H,1-2H3. The van der Waals surface area contributed by atoms with Crippen LogP contribution in [0.25, 0.3) is 10.5 Å². The average Bonchev–Trinajstić information content (AvgIpc) is 2.30. The van der Waals surface area contributed by atoms with Crippen molar-refractivity contribution in [3.8, 4) is 0 Å². The number of hydrogen-bond acceptors (Lipinski definition) is 0. The molecule has 0 bridgehead atoms. The van der Waals surface area contributed by atoms with Gasteiger partial charge in [0.25, 0.3) is 0 Å². The van der Waals surface area contributed by atoms with Crippen LogP contribution in [-0.2, 0) is 0 Å². The maximum Gasteiger partial charge on any atom is -0.00129 e. The third-order valence-corrected chi connectivity index (χ3v) is 3.67. The van der Waals surface area contributed by atoms with Gasteiger partial charge in [-0.2, -0.15) is 0 Å². The highest BCUT2D eigenvalue weighted by Gasteiger charge is 2.00. The first-order valence-electron chi connectivity index (χ1n) is 3.83. The van der Waals surface area contributed by atoms with Gasteiger partial charge in [-0.25, -0.2) is 0 Å². The van der Waals surface area contributed by atoms with Crippen LogP contribution in [-0.4, -0.2) is 0 Å². The van der Waals surface area contributed by atoms with Gasteiger partial charge in [-0.1, -0.05) is 24.3 Å². The quantitative estimate of drug-likeness (QED) is 0.556. The summed E-state index contributed by atoms with van der Waals surface area (Å²) in [4.78, 5) is 0. The van der Waals surface area contributed by atoms with Gasteiger partial charge in [0, 0.05) is 0 Å². The Bertz CT molecular complexity index is 385. The fraction of sp³-hybridized carbons (Fsp3) is 0.200. The van der Waals surface area contributed by atoms with Gasteiger partial charge in [-0.3, -0.25) is 0 Å². The molecule has 0 aliphatic carbocycles. The van der Waals surface area contributed by atoms with E-state index in [1.54, 1.807) is 5.30 Å². The molecule has 1 heteroatoms. The Morgan fingerprint density at radius 2 is 1.82 bits per heavy atom. The molecule has 2 rings (SSSR count). The molecule has 11 heavy (non-hydrogen) atoms. The van der Waals surface area contributed by atoms with E-state index < -0.39 is 0 Å². The molecular weight excluding hydrogens is 151 g/mol. The van der Waals surface area contributed by atoms with Gasteiger partial charge in [0.1, 0.15) is 0 Å². The third kappa shape index (κ3) is 0.985. The molecule has 0 radical (unpaired) electrons. The van der Waals surface area contributed by atoms with Crippen LogP contribution in [0, 0.1) is 13.8 Å². The summed E-state index contributed by atoms with van der Waals surface area (Å²) < 4.78 is 0. The molecule has 0 nitrogen and oxygen atoms in total. The summed E-state index contributed by atoms with van der Waals surface area (Å²) in [5.74, 6) is 0. The van der Waals surface area contributed by atoms with Crippen molar-refractivity contribution in [2.45, 2.75) is 13.8 Å². The smallest absolute Gasteiger partial charge is 0.00129 e. The van der Waals surface area contributed by atoms with E-state index in [2.05, 4.69) is 38.1 Å². The van der Waals surface area contributed by atoms with Crippen molar-refractivity contribution >= 4 is 18.7 Å². The first-order valence-corrected chi connectivity index (χ1v) is 4.83. The predicted octanol–water partition coefficient (Wildman–Crippen LogP) is 3.49. The van der Waals surface area contributed by atoms with Crippen molar-refractivity contribution in [2.24, 2.45) is 0 Å². The van der Waals surface area contributed by atoms with E-state index >= 15 is 0 Å².